The molecule has 0 aromatic heterocycles. The summed E-state index contributed by atoms with van der Waals surface area (Å²) in [5.74, 6) is -0.736. The van der Waals surface area contributed by atoms with Crippen LogP contribution in [0.25, 0.3) is 4.91 Å². The van der Waals surface area contributed by atoms with Crippen LogP contribution in [0.4, 0.5) is 8.78 Å². The Morgan fingerprint density at radius 2 is 1.95 bits per heavy atom. The molecule has 0 bridgehead atoms. The van der Waals surface area contributed by atoms with Crippen molar-refractivity contribution in [1.29, 1.82) is 0 Å². The predicted octanol–water partition coefficient (Wildman–Crippen LogP) is 6.54. The zero-order chi connectivity index (χ0) is 27.8. The molecule has 0 radical (unpaired) electrons. The topological polar surface area (TPSA) is 87.7 Å². The summed E-state index contributed by atoms with van der Waals surface area (Å²) in [6.07, 6.45) is 5.68. The van der Waals surface area contributed by atoms with E-state index in [0.717, 1.165) is 11.3 Å². The number of ketones is 1. The average molecular weight is 539 g/mol. The molecule has 2 rings (SSSR count). The molecule has 0 saturated heterocycles. The van der Waals surface area contributed by atoms with Gasteiger partial charge in [0.05, 0.1) is 5.41 Å². The SMILES string of the molecule is CC[C@@H](C[C@](CC)(CNCC1=CCNC=C(c2cc(C(C)=O)ccc2OC(F)F)S1)C(=O)O)C(C)(C)C. The smallest absolute Gasteiger partial charge is 0.387 e. The highest BCUT2D eigenvalue weighted by atomic mass is 32.2. The van der Waals surface area contributed by atoms with Crippen molar-refractivity contribution in [2.75, 3.05) is 19.6 Å². The van der Waals surface area contributed by atoms with E-state index in [9.17, 15) is 23.5 Å². The van der Waals surface area contributed by atoms with E-state index < -0.39 is 18.0 Å². The van der Waals surface area contributed by atoms with E-state index in [1.165, 1.54) is 30.8 Å². The maximum absolute atomic E-state index is 13.1. The minimum absolute atomic E-state index is 0.00205. The quantitative estimate of drug-likeness (QED) is 0.246. The van der Waals surface area contributed by atoms with Crippen molar-refractivity contribution < 1.29 is 28.2 Å². The lowest BCUT2D eigenvalue weighted by atomic mass is 9.68. The van der Waals surface area contributed by atoms with Gasteiger partial charge in [-0.1, -0.05) is 58.9 Å². The fraction of sp³-hybridized carbons (Fsp3) is 0.571. The number of hydrogen-bond acceptors (Lipinski definition) is 6. The van der Waals surface area contributed by atoms with Crippen LogP contribution in [0.1, 0.15) is 76.7 Å². The summed E-state index contributed by atoms with van der Waals surface area (Å²) in [5, 5.41) is 16.7. The van der Waals surface area contributed by atoms with Gasteiger partial charge in [0, 0.05) is 46.8 Å². The molecule has 2 atom stereocenters. The number of carbonyl (C=O) groups is 2. The van der Waals surface area contributed by atoms with E-state index in [-0.39, 0.29) is 22.9 Å². The number of halogens is 2. The normalized spacial score (nSPS) is 16.7. The molecule has 206 valence electrons. The number of nitrogens with one attached hydrogen (secondary N) is 2. The van der Waals surface area contributed by atoms with Gasteiger partial charge in [0.1, 0.15) is 5.75 Å². The van der Waals surface area contributed by atoms with Gasteiger partial charge in [-0.15, -0.1) is 0 Å². The van der Waals surface area contributed by atoms with Crippen molar-refractivity contribution in [1.82, 2.24) is 10.6 Å². The van der Waals surface area contributed by atoms with Gasteiger partial charge in [-0.3, -0.25) is 9.59 Å². The number of thioether (sulfide) groups is 1. The van der Waals surface area contributed by atoms with E-state index in [2.05, 4.69) is 38.3 Å². The van der Waals surface area contributed by atoms with Crippen molar-refractivity contribution in [3.63, 3.8) is 0 Å². The predicted molar refractivity (Wildman–Crippen MR) is 146 cm³/mol. The number of rotatable bonds is 13. The zero-order valence-electron chi connectivity index (χ0n) is 22.6. The van der Waals surface area contributed by atoms with Crippen LogP contribution in [0.3, 0.4) is 0 Å². The molecule has 9 heteroatoms. The lowest BCUT2D eigenvalue weighted by molar-refractivity contribution is -0.150. The summed E-state index contributed by atoms with van der Waals surface area (Å²) in [5.41, 5.74) is -0.107. The molecular formula is C28H40F2N2O4S. The number of carbonyl (C=O) groups excluding carboxylic acids is 1. The standard InChI is InChI=1S/C28H40F2N2O4S/c1-7-20(27(4,5)6)14-28(8-2,25(34)35)17-32-15-21-11-12-31-16-24(37-21)22-13-19(18(3)33)9-10-23(22)36-26(29)30/h9-11,13,16,20,26,31-32H,7-8,12,14-15,17H2,1-6H3,(H,34,35)/t20-,28+/m0/s1. The molecule has 3 N–H and O–H groups in total. The van der Waals surface area contributed by atoms with Crippen molar-refractivity contribution in [3.05, 3.63) is 46.5 Å². The third-order valence-electron chi connectivity index (χ3n) is 7.04. The van der Waals surface area contributed by atoms with Gasteiger partial charge in [0.25, 0.3) is 0 Å². The number of carboxylic acids is 1. The van der Waals surface area contributed by atoms with Crippen molar-refractivity contribution in [3.8, 4) is 5.75 Å². The summed E-state index contributed by atoms with van der Waals surface area (Å²) in [6.45, 7) is 10.1. The number of carboxylic acid groups (broad SMARTS) is 1. The average Bonchev–Trinajstić information content (AvgIpc) is 3.05. The van der Waals surface area contributed by atoms with Crippen LogP contribution in [0.15, 0.2) is 35.4 Å². The number of benzene rings is 1. The highest BCUT2D eigenvalue weighted by Crippen LogP contribution is 2.42. The van der Waals surface area contributed by atoms with Crippen LogP contribution in [0.5, 0.6) is 5.75 Å². The second kappa shape index (κ2) is 13.4. The molecule has 1 heterocycles. The van der Waals surface area contributed by atoms with Crippen LogP contribution in [-0.4, -0.2) is 43.1 Å². The summed E-state index contributed by atoms with van der Waals surface area (Å²) >= 11 is 1.37. The van der Waals surface area contributed by atoms with Gasteiger partial charge in [-0.05, 0) is 49.3 Å². The van der Waals surface area contributed by atoms with Crippen LogP contribution in [0.2, 0.25) is 0 Å². The number of alkyl halides is 2. The summed E-state index contributed by atoms with van der Waals surface area (Å²) in [4.78, 5) is 25.9. The Balaban J connectivity index is 2.21. The number of Topliss-reactive ketones (excluding diaryl/α,β-unsaturated/α-hetero) is 1. The van der Waals surface area contributed by atoms with Gasteiger partial charge in [-0.2, -0.15) is 8.78 Å². The van der Waals surface area contributed by atoms with Gasteiger partial charge in [0.2, 0.25) is 0 Å². The molecule has 0 amide bonds. The van der Waals surface area contributed by atoms with E-state index in [1.54, 1.807) is 12.3 Å². The van der Waals surface area contributed by atoms with E-state index in [0.29, 0.717) is 48.5 Å². The molecule has 1 aromatic rings. The Morgan fingerprint density at radius 3 is 2.49 bits per heavy atom. The largest absolute Gasteiger partial charge is 0.481 e. The minimum atomic E-state index is -3.00. The molecule has 6 nitrogen and oxygen atoms in total. The lowest BCUT2D eigenvalue weighted by Crippen LogP contribution is -2.44. The molecular weight excluding hydrogens is 498 g/mol. The van der Waals surface area contributed by atoms with E-state index in [1.807, 2.05) is 13.0 Å². The summed E-state index contributed by atoms with van der Waals surface area (Å²) in [7, 11) is 0. The van der Waals surface area contributed by atoms with Gasteiger partial charge < -0.3 is 20.5 Å². The van der Waals surface area contributed by atoms with Gasteiger partial charge in [-0.25, -0.2) is 0 Å². The van der Waals surface area contributed by atoms with Crippen molar-refractivity contribution in [2.24, 2.45) is 16.7 Å². The fourth-order valence-corrected chi connectivity index (χ4v) is 5.57. The third-order valence-corrected chi connectivity index (χ3v) is 8.17. The molecule has 0 unspecified atom stereocenters. The van der Waals surface area contributed by atoms with Crippen molar-refractivity contribution >= 4 is 28.4 Å². The Bertz CT molecular complexity index is 1020. The second-order valence-corrected chi connectivity index (χ2v) is 11.7. The third kappa shape index (κ3) is 8.57. The summed E-state index contributed by atoms with van der Waals surface area (Å²) < 4.78 is 30.8. The molecule has 1 aromatic carbocycles. The van der Waals surface area contributed by atoms with Gasteiger partial charge in [0.15, 0.2) is 5.78 Å². The Kier molecular flexibility index (Phi) is 11.2. The maximum Gasteiger partial charge on any atom is 0.387 e. The monoisotopic (exact) mass is 538 g/mol. The molecule has 0 saturated carbocycles. The first-order chi connectivity index (χ1) is 17.3. The molecule has 0 aliphatic carbocycles. The number of aliphatic carboxylic acids is 1. The Hall–Kier alpha value is -2.39. The number of hydrogen-bond donors (Lipinski definition) is 3. The van der Waals surface area contributed by atoms with E-state index >= 15 is 0 Å². The molecule has 0 fully saturated rings. The van der Waals surface area contributed by atoms with Crippen molar-refractivity contribution in [2.45, 2.75) is 67.4 Å². The molecule has 1 aliphatic rings. The highest BCUT2D eigenvalue weighted by molar-refractivity contribution is 8.11. The van der Waals surface area contributed by atoms with Crippen LogP contribution in [0, 0.1) is 16.7 Å². The van der Waals surface area contributed by atoms with E-state index in [4.69, 9.17) is 4.74 Å². The zero-order valence-corrected chi connectivity index (χ0v) is 23.4. The van der Waals surface area contributed by atoms with Crippen LogP contribution < -0.4 is 15.4 Å². The lowest BCUT2D eigenvalue weighted by Gasteiger charge is -2.38. The highest BCUT2D eigenvalue weighted by Gasteiger charge is 2.41. The van der Waals surface area contributed by atoms with Gasteiger partial charge >= 0.3 is 12.6 Å². The first-order valence-corrected chi connectivity index (χ1v) is 13.5. The molecule has 0 spiro atoms. The molecule has 37 heavy (non-hydrogen) atoms. The first-order valence-electron chi connectivity index (χ1n) is 12.7. The van der Waals surface area contributed by atoms with Crippen LogP contribution >= 0.6 is 11.8 Å². The molecule has 1 aliphatic heterocycles. The maximum atomic E-state index is 13.1. The Labute approximate surface area is 223 Å². The Morgan fingerprint density at radius 1 is 1.24 bits per heavy atom. The van der Waals surface area contributed by atoms with Crippen LogP contribution in [-0.2, 0) is 4.79 Å². The fourth-order valence-electron chi connectivity index (χ4n) is 4.53. The first kappa shape index (κ1) is 30.8. The minimum Gasteiger partial charge on any atom is -0.481 e. The second-order valence-electron chi connectivity index (χ2n) is 10.6. The number of ether oxygens (including phenoxy) is 1. The summed E-state index contributed by atoms with van der Waals surface area (Å²) in [6, 6.07) is 4.41.